The number of thiophene rings is 1. The molecule has 0 spiro atoms. The van der Waals surface area contributed by atoms with E-state index in [4.69, 9.17) is 14.2 Å². The summed E-state index contributed by atoms with van der Waals surface area (Å²) in [5, 5.41) is 17.5. The smallest absolute Gasteiger partial charge is 0.323 e. The summed E-state index contributed by atoms with van der Waals surface area (Å²) in [6, 6.07) is 14.0. The SMILES string of the molecule is COc1ccc(NC(=O)Nc2ccc3c(c2)C(=O)N([C@H](C)CO)C[C@H](C)[C@@H](CN(C)S(=O)(=O)c2cccs2)OCCCC[C@@H](C)O3)cc1. The number of carbonyl (C=O) groups is 2. The highest BCUT2D eigenvalue weighted by molar-refractivity contribution is 7.91. The molecule has 2 heterocycles. The van der Waals surface area contributed by atoms with Crippen molar-refractivity contribution in [3.8, 4) is 11.5 Å². The number of amides is 3. The third kappa shape index (κ3) is 9.69. The number of nitrogens with zero attached hydrogens (tertiary/aromatic N) is 2. The summed E-state index contributed by atoms with van der Waals surface area (Å²) in [4.78, 5) is 28.8. The van der Waals surface area contributed by atoms with Crippen LogP contribution in [0.2, 0.25) is 0 Å². The molecule has 3 aromatic rings. The summed E-state index contributed by atoms with van der Waals surface area (Å²) < 4.78 is 45.8. The van der Waals surface area contributed by atoms with Crippen molar-refractivity contribution in [1.82, 2.24) is 9.21 Å². The number of rotatable bonds is 9. The zero-order chi connectivity index (χ0) is 34.8. The lowest BCUT2D eigenvalue weighted by molar-refractivity contribution is -0.00832. The fourth-order valence-electron chi connectivity index (χ4n) is 5.35. The monoisotopic (exact) mass is 702 g/mol. The molecular weight excluding hydrogens is 657 g/mol. The predicted octanol–water partition coefficient (Wildman–Crippen LogP) is 5.52. The van der Waals surface area contributed by atoms with Crippen LogP contribution in [0, 0.1) is 5.92 Å². The van der Waals surface area contributed by atoms with Crippen molar-refractivity contribution in [2.24, 2.45) is 5.92 Å². The summed E-state index contributed by atoms with van der Waals surface area (Å²) >= 11 is 1.15. The van der Waals surface area contributed by atoms with Gasteiger partial charge in [0.1, 0.15) is 15.7 Å². The van der Waals surface area contributed by atoms with Crippen LogP contribution < -0.4 is 20.1 Å². The van der Waals surface area contributed by atoms with Crippen LogP contribution in [0.1, 0.15) is 50.4 Å². The van der Waals surface area contributed by atoms with E-state index in [1.165, 1.54) is 11.4 Å². The van der Waals surface area contributed by atoms with Crippen molar-refractivity contribution in [3.05, 3.63) is 65.5 Å². The number of aliphatic hydroxyl groups excluding tert-OH is 1. The number of nitrogens with one attached hydrogen (secondary N) is 2. The zero-order valence-corrected chi connectivity index (χ0v) is 29.7. The van der Waals surface area contributed by atoms with Gasteiger partial charge in [-0.3, -0.25) is 4.79 Å². The first kappa shape index (κ1) is 37.1. The number of ether oxygens (including phenoxy) is 3. The molecule has 0 aliphatic carbocycles. The fraction of sp³-hybridized carbons (Fsp3) is 0.471. The first-order valence-corrected chi connectivity index (χ1v) is 18.3. The summed E-state index contributed by atoms with van der Waals surface area (Å²) in [7, 11) is -0.628. The molecule has 0 saturated carbocycles. The number of urea groups is 1. The topological polar surface area (TPSA) is 147 Å². The Kier molecular flexibility index (Phi) is 13.2. The molecule has 12 nitrogen and oxygen atoms in total. The first-order chi connectivity index (χ1) is 22.9. The van der Waals surface area contributed by atoms with E-state index < -0.39 is 34.1 Å². The van der Waals surface area contributed by atoms with Gasteiger partial charge in [-0.05, 0) is 87.0 Å². The maximum atomic E-state index is 14.3. The van der Waals surface area contributed by atoms with E-state index in [2.05, 4.69) is 10.6 Å². The molecule has 1 aliphatic rings. The molecule has 262 valence electrons. The van der Waals surface area contributed by atoms with Gasteiger partial charge in [-0.15, -0.1) is 11.3 Å². The van der Waals surface area contributed by atoms with Crippen LogP contribution in [0.4, 0.5) is 16.2 Å². The van der Waals surface area contributed by atoms with Crippen molar-refractivity contribution in [3.63, 3.8) is 0 Å². The number of methoxy groups -OCH3 is 1. The van der Waals surface area contributed by atoms with Gasteiger partial charge in [0, 0.05) is 44.0 Å². The lowest BCUT2D eigenvalue weighted by Crippen LogP contribution is -2.48. The van der Waals surface area contributed by atoms with E-state index in [0.717, 1.165) is 24.2 Å². The third-order valence-corrected chi connectivity index (χ3v) is 11.5. The van der Waals surface area contributed by atoms with Gasteiger partial charge in [-0.25, -0.2) is 13.2 Å². The number of carbonyl (C=O) groups excluding carboxylic acids is 2. The minimum atomic E-state index is -3.72. The summed E-state index contributed by atoms with van der Waals surface area (Å²) in [5.74, 6) is 0.305. The first-order valence-electron chi connectivity index (χ1n) is 16.0. The third-order valence-electron chi connectivity index (χ3n) is 8.25. The van der Waals surface area contributed by atoms with Crippen LogP contribution in [0.3, 0.4) is 0 Å². The van der Waals surface area contributed by atoms with Crippen LogP contribution in [-0.4, -0.2) is 93.4 Å². The van der Waals surface area contributed by atoms with Crippen molar-refractivity contribution >= 4 is 44.7 Å². The molecule has 0 unspecified atom stereocenters. The Morgan fingerprint density at radius 2 is 1.83 bits per heavy atom. The maximum Gasteiger partial charge on any atom is 0.323 e. The number of anilines is 2. The normalized spacial score (nSPS) is 20.3. The number of benzene rings is 2. The van der Waals surface area contributed by atoms with Gasteiger partial charge >= 0.3 is 6.03 Å². The zero-order valence-electron chi connectivity index (χ0n) is 28.0. The highest BCUT2D eigenvalue weighted by Crippen LogP contribution is 2.29. The molecule has 2 aromatic carbocycles. The minimum Gasteiger partial charge on any atom is -0.497 e. The summed E-state index contributed by atoms with van der Waals surface area (Å²) in [5.41, 5.74) is 1.16. The lowest BCUT2D eigenvalue weighted by Gasteiger charge is -2.35. The molecule has 3 amide bonds. The van der Waals surface area contributed by atoms with Gasteiger partial charge in [0.15, 0.2) is 0 Å². The van der Waals surface area contributed by atoms with Crippen LogP contribution in [0.25, 0.3) is 0 Å². The van der Waals surface area contributed by atoms with Crippen LogP contribution >= 0.6 is 11.3 Å². The Bertz CT molecular complexity index is 1600. The maximum absolute atomic E-state index is 14.3. The highest BCUT2D eigenvalue weighted by Gasteiger charge is 2.32. The van der Waals surface area contributed by atoms with Crippen molar-refractivity contribution in [2.45, 2.75) is 62.5 Å². The van der Waals surface area contributed by atoms with E-state index in [-0.39, 0.29) is 41.5 Å². The Balaban J connectivity index is 1.61. The molecule has 0 bridgehead atoms. The van der Waals surface area contributed by atoms with E-state index in [0.29, 0.717) is 35.9 Å². The van der Waals surface area contributed by atoms with Gasteiger partial charge in [0.2, 0.25) is 0 Å². The van der Waals surface area contributed by atoms with Gasteiger partial charge < -0.3 is 34.9 Å². The van der Waals surface area contributed by atoms with Crippen LogP contribution in [-0.2, 0) is 14.8 Å². The second-order valence-corrected chi connectivity index (χ2v) is 15.3. The molecule has 48 heavy (non-hydrogen) atoms. The lowest BCUT2D eigenvalue weighted by atomic mass is 10.0. The number of aliphatic hydroxyl groups is 1. The summed E-state index contributed by atoms with van der Waals surface area (Å²) in [6.07, 6.45) is 1.49. The van der Waals surface area contributed by atoms with Crippen molar-refractivity contribution in [1.29, 1.82) is 0 Å². The van der Waals surface area contributed by atoms with E-state index in [1.807, 2.05) is 13.8 Å². The molecule has 0 saturated heterocycles. The minimum absolute atomic E-state index is 0.0877. The average molecular weight is 703 g/mol. The number of hydrogen-bond donors (Lipinski definition) is 3. The standard InChI is InChI=1S/C34H46N4O8S2/c1-23-20-38(24(2)22-39)33(40)29-19-27(36-34(41)35-26-11-14-28(44-5)15-12-26)13-16-30(29)46-25(3)9-6-7-17-45-31(23)21-37(4)48(42,43)32-10-8-18-47-32/h8,10-16,18-19,23-25,31,39H,6-7,9,17,20-22H2,1-5H3,(H2,35,36,41)/t23-,24+,25+,31+/m0/s1. The molecule has 0 fully saturated rings. The highest BCUT2D eigenvalue weighted by atomic mass is 32.2. The number of hydrogen-bond acceptors (Lipinski definition) is 9. The summed E-state index contributed by atoms with van der Waals surface area (Å²) in [6.45, 7) is 5.96. The molecule has 4 rings (SSSR count). The number of sulfonamides is 1. The quantitative estimate of drug-likeness (QED) is 0.264. The van der Waals surface area contributed by atoms with E-state index in [9.17, 15) is 23.1 Å². The Morgan fingerprint density at radius 3 is 2.50 bits per heavy atom. The predicted molar refractivity (Wildman–Crippen MR) is 187 cm³/mol. The van der Waals surface area contributed by atoms with Crippen molar-refractivity contribution in [2.75, 3.05) is 51.1 Å². The Labute approximate surface area is 287 Å². The van der Waals surface area contributed by atoms with Gasteiger partial charge in [0.25, 0.3) is 15.9 Å². The van der Waals surface area contributed by atoms with Gasteiger partial charge in [-0.2, -0.15) is 4.31 Å². The van der Waals surface area contributed by atoms with Crippen molar-refractivity contribution < 1.29 is 37.3 Å². The van der Waals surface area contributed by atoms with E-state index >= 15 is 0 Å². The molecule has 0 radical (unpaired) electrons. The Morgan fingerprint density at radius 1 is 1.12 bits per heavy atom. The largest absolute Gasteiger partial charge is 0.497 e. The fourth-order valence-corrected chi connectivity index (χ4v) is 7.73. The Hall–Kier alpha value is -3.69. The molecule has 4 atom stereocenters. The molecular formula is C34H46N4O8S2. The molecule has 1 aliphatic heterocycles. The molecule has 1 aromatic heterocycles. The molecule has 14 heteroatoms. The van der Waals surface area contributed by atoms with Gasteiger partial charge in [0.05, 0.1) is 37.5 Å². The van der Waals surface area contributed by atoms with Crippen LogP contribution in [0.5, 0.6) is 11.5 Å². The van der Waals surface area contributed by atoms with Gasteiger partial charge in [-0.1, -0.05) is 13.0 Å². The average Bonchev–Trinajstić information content (AvgIpc) is 3.62. The second-order valence-electron chi connectivity index (χ2n) is 12.0. The van der Waals surface area contributed by atoms with Crippen LogP contribution in [0.15, 0.2) is 64.2 Å². The molecule has 3 N–H and O–H groups in total. The van der Waals surface area contributed by atoms with E-state index in [1.54, 1.807) is 78.9 Å². The second kappa shape index (κ2) is 17.1. The number of fused-ring (bicyclic) bond motifs is 1. The number of likely N-dealkylation sites (N-methyl/N-ethyl adjacent to an activating group) is 1.